The first kappa shape index (κ1) is 11.3. The van der Waals surface area contributed by atoms with E-state index in [4.69, 9.17) is 4.74 Å². The van der Waals surface area contributed by atoms with E-state index in [0.717, 1.165) is 0 Å². The highest BCUT2D eigenvalue weighted by Gasteiger charge is 2.11. The molecule has 0 saturated carbocycles. The lowest BCUT2D eigenvalue weighted by Gasteiger charge is -2.13. The molecule has 4 heteroatoms. The zero-order valence-electron chi connectivity index (χ0n) is 8.40. The largest absolute Gasteiger partial charge is 0.495 e. The smallest absolute Gasteiger partial charge is 0.164 e. The van der Waals surface area contributed by atoms with E-state index in [1.165, 1.54) is 7.11 Å². The van der Waals surface area contributed by atoms with Crippen molar-refractivity contribution in [2.45, 2.75) is 19.9 Å². The van der Waals surface area contributed by atoms with Gasteiger partial charge in [-0.15, -0.1) is 0 Å². The molecular weight excluding hydrogens is 249 g/mol. The summed E-state index contributed by atoms with van der Waals surface area (Å²) in [6, 6.07) is 3.58. The molecule has 0 heterocycles. The highest BCUT2D eigenvalue weighted by atomic mass is 79.9. The van der Waals surface area contributed by atoms with Crippen molar-refractivity contribution in [1.29, 1.82) is 0 Å². The van der Waals surface area contributed by atoms with E-state index in [1.807, 2.05) is 13.8 Å². The molecule has 2 nitrogen and oxygen atoms in total. The SMILES string of the molecule is COc1ccc(NC(C)C)c(F)c1Br. The average molecular weight is 262 g/mol. The average Bonchev–Trinajstić information content (AvgIpc) is 2.13. The van der Waals surface area contributed by atoms with Crippen LogP contribution in [0.2, 0.25) is 0 Å². The van der Waals surface area contributed by atoms with Gasteiger partial charge in [-0.25, -0.2) is 4.39 Å². The summed E-state index contributed by atoms with van der Waals surface area (Å²) in [6.07, 6.45) is 0. The van der Waals surface area contributed by atoms with E-state index in [9.17, 15) is 4.39 Å². The number of halogens is 2. The fraction of sp³-hybridized carbons (Fsp3) is 0.400. The van der Waals surface area contributed by atoms with Crippen molar-refractivity contribution in [3.05, 3.63) is 22.4 Å². The molecule has 0 aromatic heterocycles. The van der Waals surface area contributed by atoms with Crippen LogP contribution in [0.1, 0.15) is 13.8 Å². The topological polar surface area (TPSA) is 21.3 Å². The molecule has 0 aliphatic heterocycles. The summed E-state index contributed by atoms with van der Waals surface area (Å²) in [5, 5.41) is 3.00. The van der Waals surface area contributed by atoms with Crippen molar-refractivity contribution >= 4 is 21.6 Å². The van der Waals surface area contributed by atoms with Crippen molar-refractivity contribution < 1.29 is 9.13 Å². The second-order valence-corrected chi connectivity index (χ2v) is 4.04. The summed E-state index contributed by atoms with van der Waals surface area (Å²) in [5.74, 6) is 0.176. The van der Waals surface area contributed by atoms with Crippen molar-refractivity contribution in [2.24, 2.45) is 0 Å². The summed E-state index contributed by atoms with van der Waals surface area (Å²) in [7, 11) is 1.51. The molecule has 1 aromatic rings. The van der Waals surface area contributed by atoms with Gasteiger partial charge in [0.15, 0.2) is 5.82 Å². The Morgan fingerprint density at radius 2 is 2.07 bits per heavy atom. The number of hydrogen-bond donors (Lipinski definition) is 1. The number of rotatable bonds is 3. The summed E-state index contributed by atoms with van der Waals surface area (Å²) < 4.78 is 18.9. The highest BCUT2D eigenvalue weighted by molar-refractivity contribution is 9.10. The molecule has 0 aliphatic carbocycles. The molecule has 0 amide bonds. The normalized spacial score (nSPS) is 10.4. The van der Waals surface area contributed by atoms with E-state index in [0.29, 0.717) is 15.9 Å². The van der Waals surface area contributed by atoms with Gasteiger partial charge in [-0.05, 0) is 41.9 Å². The van der Waals surface area contributed by atoms with E-state index in [-0.39, 0.29) is 11.9 Å². The van der Waals surface area contributed by atoms with Gasteiger partial charge in [-0.2, -0.15) is 0 Å². The lowest BCUT2D eigenvalue weighted by Crippen LogP contribution is -2.11. The van der Waals surface area contributed by atoms with E-state index in [1.54, 1.807) is 12.1 Å². The van der Waals surface area contributed by atoms with Crippen LogP contribution in [0.4, 0.5) is 10.1 Å². The second-order valence-electron chi connectivity index (χ2n) is 3.24. The van der Waals surface area contributed by atoms with Gasteiger partial charge in [0, 0.05) is 6.04 Å². The Bertz CT molecular complexity index is 328. The number of ether oxygens (including phenoxy) is 1. The van der Waals surface area contributed by atoms with Crippen LogP contribution in [0.5, 0.6) is 5.75 Å². The molecular formula is C10H13BrFNO. The maximum atomic E-state index is 13.6. The molecule has 0 saturated heterocycles. The quantitative estimate of drug-likeness (QED) is 0.901. The lowest BCUT2D eigenvalue weighted by molar-refractivity contribution is 0.408. The fourth-order valence-electron chi connectivity index (χ4n) is 1.11. The Morgan fingerprint density at radius 3 is 2.57 bits per heavy atom. The molecule has 0 fully saturated rings. The molecule has 14 heavy (non-hydrogen) atoms. The van der Waals surface area contributed by atoms with Crippen molar-refractivity contribution in [3.63, 3.8) is 0 Å². The van der Waals surface area contributed by atoms with E-state index in [2.05, 4.69) is 21.2 Å². The standard InChI is InChI=1S/C10H13BrFNO/c1-6(2)13-7-4-5-8(14-3)9(11)10(7)12/h4-6,13H,1-3H3. The zero-order chi connectivity index (χ0) is 10.7. The fourth-order valence-corrected chi connectivity index (χ4v) is 1.62. The van der Waals surface area contributed by atoms with Crippen molar-refractivity contribution in [2.75, 3.05) is 12.4 Å². The minimum atomic E-state index is -0.321. The Balaban J connectivity index is 3.04. The Labute approximate surface area is 91.6 Å². The summed E-state index contributed by atoms with van der Waals surface area (Å²) in [4.78, 5) is 0. The molecule has 1 rings (SSSR count). The van der Waals surface area contributed by atoms with Crippen molar-refractivity contribution in [1.82, 2.24) is 0 Å². The number of nitrogens with one attached hydrogen (secondary N) is 1. The van der Waals surface area contributed by atoms with Crippen LogP contribution < -0.4 is 10.1 Å². The van der Waals surface area contributed by atoms with Gasteiger partial charge in [0.05, 0.1) is 17.3 Å². The van der Waals surface area contributed by atoms with Gasteiger partial charge in [-0.1, -0.05) is 0 Å². The maximum Gasteiger partial charge on any atom is 0.164 e. The van der Waals surface area contributed by atoms with Gasteiger partial charge < -0.3 is 10.1 Å². The molecule has 0 radical (unpaired) electrons. The molecule has 0 bridgehead atoms. The van der Waals surface area contributed by atoms with Gasteiger partial charge >= 0.3 is 0 Å². The predicted molar refractivity (Wildman–Crippen MR) is 59.4 cm³/mol. The number of hydrogen-bond acceptors (Lipinski definition) is 2. The minimum absolute atomic E-state index is 0.199. The zero-order valence-corrected chi connectivity index (χ0v) is 9.98. The van der Waals surface area contributed by atoms with Gasteiger partial charge in [0.2, 0.25) is 0 Å². The molecule has 1 N–H and O–H groups in total. The lowest BCUT2D eigenvalue weighted by atomic mass is 10.2. The first-order chi connectivity index (χ1) is 6.56. The third-order valence-corrected chi connectivity index (χ3v) is 2.45. The molecule has 1 aromatic carbocycles. The molecule has 0 unspecified atom stereocenters. The van der Waals surface area contributed by atoms with Gasteiger partial charge in [-0.3, -0.25) is 0 Å². The van der Waals surface area contributed by atoms with E-state index >= 15 is 0 Å². The monoisotopic (exact) mass is 261 g/mol. The summed E-state index contributed by atoms with van der Waals surface area (Å²) >= 11 is 3.14. The Kier molecular flexibility index (Phi) is 3.75. The number of anilines is 1. The Hall–Kier alpha value is -0.770. The van der Waals surface area contributed by atoms with Crippen molar-refractivity contribution in [3.8, 4) is 5.75 Å². The van der Waals surface area contributed by atoms with Crippen LogP contribution in [-0.4, -0.2) is 13.2 Å². The van der Waals surface area contributed by atoms with Crippen LogP contribution in [0.3, 0.4) is 0 Å². The second kappa shape index (κ2) is 4.64. The molecule has 0 spiro atoms. The third-order valence-electron chi connectivity index (χ3n) is 1.71. The number of methoxy groups -OCH3 is 1. The van der Waals surface area contributed by atoms with Crippen LogP contribution in [0, 0.1) is 5.82 Å². The van der Waals surface area contributed by atoms with Crippen LogP contribution in [-0.2, 0) is 0 Å². The summed E-state index contributed by atoms with van der Waals surface area (Å²) in [5.41, 5.74) is 0.479. The van der Waals surface area contributed by atoms with Crippen LogP contribution in [0.15, 0.2) is 16.6 Å². The first-order valence-electron chi connectivity index (χ1n) is 4.34. The Morgan fingerprint density at radius 1 is 1.43 bits per heavy atom. The highest BCUT2D eigenvalue weighted by Crippen LogP contribution is 2.32. The molecule has 78 valence electrons. The van der Waals surface area contributed by atoms with Crippen LogP contribution >= 0.6 is 15.9 Å². The minimum Gasteiger partial charge on any atom is -0.495 e. The van der Waals surface area contributed by atoms with Gasteiger partial charge in [0.1, 0.15) is 5.75 Å². The summed E-state index contributed by atoms with van der Waals surface area (Å²) in [6.45, 7) is 3.91. The molecule has 0 aliphatic rings. The first-order valence-corrected chi connectivity index (χ1v) is 5.14. The predicted octanol–water partition coefficient (Wildman–Crippen LogP) is 3.42. The molecule has 0 atom stereocenters. The number of benzene rings is 1. The maximum absolute atomic E-state index is 13.6. The van der Waals surface area contributed by atoms with E-state index < -0.39 is 0 Å². The van der Waals surface area contributed by atoms with Crippen LogP contribution in [0.25, 0.3) is 0 Å². The van der Waals surface area contributed by atoms with Gasteiger partial charge in [0.25, 0.3) is 0 Å². The third kappa shape index (κ3) is 2.38.